The Kier molecular flexibility index (Phi) is 5.31. The van der Waals surface area contributed by atoms with E-state index in [0.717, 1.165) is 37.6 Å². The van der Waals surface area contributed by atoms with Gasteiger partial charge in [-0.2, -0.15) is 0 Å². The van der Waals surface area contributed by atoms with Gasteiger partial charge in [-0.05, 0) is 80.6 Å². The maximum Gasteiger partial charge on any atom is 0.410 e. The third kappa shape index (κ3) is 3.72. The lowest BCUT2D eigenvalue weighted by Crippen LogP contribution is -2.50. The van der Waals surface area contributed by atoms with Crippen molar-refractivity contribution in [2.24, 2.45) is 0 Å². The molecule has 5 nitrogen and oxygen atoms in total. The van der Waals surface area contributed by atoms with Crippen LogP contribution < -0.4 is 9.64 Å². The number of carbonyl (C=O) groups is 1. The van der Waals surface area contributed by atoms with Crippen LogP contribution in [0.4, 0.5) is 10.5 Å². The smallest absolute Gasteiger partial charge is 0.410 e. The van der Waals surface area contributed by atoms with Gasteiger partial charge in [-0.15, -0.1) is 11.8 Å². The first-order valence-electron chi connectivity index (χ1n) is 11.5. The van der Waals surface area contributed by atoms with E-state index in [0.29, 0.717) is 12.0 Å². The molecule has 6 heteroatoms. The summed E-state index contributed by atoms with van der Waals surface area (Å²) < 4.78 is 11.1. The number of amides is 1. The van der Waals surface area contributed by atoms with Crippen molar-refractivity contribution < 1.29 is 14.3 Å². The van der Waals surface area contributed by atoms with Gasteiger partial charge in [0.1, 0.15) is 11.4 Å². The van der Waals surface area contributed by atoms with Crippen LogP contribution in [-0.2, 0) is 4.74 Å². The van der Waals surface area contributed by atoms with Gasteiger partial charge >= 0.3 is 6.09 Å². The van der Waals surface area contributed by atoms with Gasteiger partial charge in [-0.3, -0.25) is 0 Å². The number of carbonyl (C=O) groups excluding carboxylic acids is 1. The molecule has 0 unspecified atom stereocenters. The van der Waals surface area contributed by atoms with Gasteiger partial charge in [-0.1, -0.05) is 6.07 Å². The van der Waals surface area contributed by atoms with Crippen LogP contribution in [0.2, 0.25) is 0 Å². The number of methoxy groups -OCH3 is 1. The predicted octanol–water partition coefficient (Wildman–Crippen LogP) is 5.69. The number of aryl methyl sites for hydroxylation is 1. The van der Waals surface area contributed by atoms with Gasteiger partial charge in [0.2, 0.25) is 0 Å². The number of rotatable bonds is 2. The van der Waals surface area contributed by atoms with Gasteiger partial charge in [0.15, 0.2) is 0 Å². The van der Waals surface area contributed by atoms with E-state index in [-0.39, 0.29) is 6.09 Å². The van der Waals surface area contributed by atoms with Crippen LogP contribution >= 0.6 is 11.8 Å². The molecule has 0 saturated carbocycles. The Labute approximate surface area is 195 Å². The number of ether oxygens (including phenoxy) is 2. The predicted molar refractivity (Wildman–Crippen MR) is 130 cm³/mol. The van der Waals surface area contributed by atoms with E-state index in [9.17, 15) is 4.79 Å². The highest BCUT2D eigenvalue weighted by atomic mass is 32.2. The average molecular weight is 453 g/mol. The lowest BCUT2D eigenvalue weighted by Gasteiger charge is -2.40. The molecule has 3 heterocycles. The van der Waals surface area contributed by atoms with E-state index in [2.05, 4.69) is 36.1 Å². The van der Waals surface area contributed by atoms with E-state index in [1.54, 1.807) is 7.11 Å². The summed E-state index contributed by atoms with van der Waals surface area (Å²) in [4.78, 5) is 18.7. The number of benzene rings is 2. The Morgan fingerprint density at radius 1 is 1.16 bits per heavy atom. The van der Waals surface area contributed by atoms with E-state index in [4.69, 9.17) is 9.47 Å². The van der Waals surface area contributed by atoms with E-state index < -0.39 is 5.60 Å². The summed E-state index contributed by atoms with van der Waals surface area (Å²) in [6.07, 6.45) is 0.794. The Morgan fingerprint density at radius 3 is 2.69 bits per heavy atom. The van der Waals surface area contributed by atoms with Crippen molar-refractivity contribution in [2.75, 3.05) is 37.4 Å². The van der Waals surface area contributed by atoms with Crippen molar-refractivity contribution in [3.8, 4) is 16.9 Å². The first-order chi connectivity index (χ1) is 15.2. The fourth-order valence-electron chi connectivity index (χ4n) is 5.38. The molecule has 0 aromatic heterocycles. The molecule has 2 atom stereocenters. The van der Waals surface area contributed by atoms with Crippen LogP contribution in [0.15, 0.2) is 35.2 Å². The highest BCUT2D eigenvalue weighted by molar-refractivity contribution is 7.99. The van der Waals surface area contributed by atoms with Gasteiger partial charge in [0.25, 0.3) is 0 Å². The average Bonchev–Trinajstić information content (AvgIpc) is 3.07. The molecule has 0 aliphatic carbocycles. The minimum absolute atomic E-state index is 0.192. The molecule has 32 heavy (non-hydrogen) atoms. The Balaban J connectivity index is 1.52. The molecule has 0 N–H and O–H groups in total. The monoisotopic (exact) mass is 452 g/mol. The molecule has 1 fully saturated rings. The zero-order valence-electron chi connectivity index (χ0n) is 19.6. The van der Waals surface area contributed by atoms with Crippen LogP contribution in [-0.4, -0.2) is 55.1 Å². The zero-order chi connectivity index (χ0) is 22.6. The van der Waals surface area contributed by atoms with Gasteiger partial charge in [0, 0.05) is 42.2 Å². The standard InChI is InChI=1S/C26H32N2O3S/c1-16-12-18(30-5)6-7-19(16)17-13-20-21-15-27(25(29)31-26(2,3)4)9-8-22(21)28-10-11-32-23(14-17)24(20)28/h6-7,12-14,21-22H,8-11,15H2,1-5H3/t21-,22-/m0/s1. The normalized spacial score (nSPS) is 21.8. The second-order valence-corrected chi connectivity index (χ2v) is 11.2. The summed E-state index contributed by atoms with van der Waals surface area (Å²) >= 11 is 1.96. The summed E-state index contributed by atoms with van der Waals surface area (Å²) in [7, 11) is 1.71. The number of nitrogens with zero attached hydrogens (tertiary/aromatic N) is 2. The Hall–Kier alpha value is -2.34. The fourth-order valence-corrected chi connectivity index (χ4v) is 6.47. The summed E-state index contributed by atoms with van der Waals surface area (Å²) in [6.45, 7) is 10.5. The van der Waals surface area contributed by atoms with Crippen LogP contribution in [0.5, 0.6) is 5.75 Å². The number of thioether (sulfide) groups is 1. The van der Waals surface area contributed by atoms with Crippen LogP contribution in [0.3, 0.4) is 0 Å². The molecule has 2 aromatic rings. The summed E-state index contributed by atoms with van der Waals surface area (Å²) in [6, 6.07) is 11.5. The van der Waals surface area contributed by atoms with Crippen molar-refractivity contribution in [3.05, 3.63) is 41.5 Å². The van der Waals surface area contributed by atoms with Gasteiger partial charge in [-0.25, -0.2) is 4.79 Å². The number of anilines is 1. The molecule has 3 aliphatic rings. The quantitative estimate of drug-likeness (QED) is 0.586. The second kappa shape index (κ2) is 7.91. The molecule has 0 bridgehead atoms. The fraction of sp³-hybridized carbons (Fsp3) is 0.500. The second-order valence-electron chi connectivity index (χ2n) is 10.0. The van der Waals surface area contributed by atoms with Crippen molar-refractivity contribution in [1.29, 1.82) is 0 Å². The molecule has 3 aliphatic heterocycles. The number of piperidine rings is 1. The van der Waals surface area contributed by atoms with Crippen molar-refractivity contribution in [2.45, 2.75) is 56.6 Å². The minimum Gasteiger partial charge on any atom is -0.497 e. The third-order valence-electron chi connectivity index (χ3n) is 6.75. The molecule has 170 valence electrons. The molecular weight excluding hydrogens is 420 g/mol. The first-order valence-corrected chi connectivity index (χ1v) is 12.4. The van der Waals surface area contributed by atoms with Crippen LogP contribution in [0.25, 0.3) is 11.1 Å². The van der Waals surface area contributed by atoms with Crippen molar-refractivity contribution in [1.82, 2.24) is 4.90 Å². The lowest BCUT2D eigenvalue weighted by atomic mass is 9.87. The molecule has 2 aromatic carbocycles. The van der Waals surface area contributed by atoms with Gasteiger partial charge in [0.05, 0.1) is 12.8 Å². The summed E-state index contributed by atoms with van der Waals surface area (Å²) in [5.74, 6) is 2.31. The van der Waals surface area contributed by atoms with Crippen molar-refractivity contribution >= 4 is 23.5 Å². The first kappa shape index (κ1) is 21.5. The molecule has 5 rings (SSSR count). The Bertz CT molecular complexity index is 1060. The van der Waals surface area contributed by atoms with Crippen LogP contribution in [0, 0.1) is 6.92 Å². The lowest BCUT2D eigenvalue weighted by molar-refractivity contribution is 0.0189. The maximum absolute atomic E-state index is 12.8. The topological polar surface area (TPSA) is 42.0 Å². The van der Waals surface area contributed by atoms with E-state index in [1.807, 2.05) is 43.5 Å². The number of hydrogen-bond acceptors (Lipinski definition) is 5. The molecule has 1 amide bonds. The largest absolute Gasteiger partial charge is 0.497 e. The zero-order valence-corrected chi connectivity index (χ0v) is 20.4. The molecule has 0 spiro atoms. The van der Waals surface area contributed by atoms with E-state index in [1.165, 1.54) is 32.8 Å². The van der Waals surface area contributed by atoms with Gasteiger partial charge < -0.3 is 19.3 Å². The number of fused-ring (bicyclic) bond motifs is 3. The highest BCUT2D eigenvalue weighted by Gasteiger charge is 2.45. The van der Waals surface area contributed by atoms with Crippen LogP contribution in [0.1, 0.15) is 44.2 Å². The van der Waals surface area contributed by atoms with Crippen molar-refractivity contribution in [3.63, 3.8) is 0 Å². The molecule has 1 saturated heterocycles. The maximum atomic E-state index is 12.8. The SMILES string of the molecule is COc1ccc(-c2cc3c4c(c2)[C@@H]2CN(C(=O)OC(C)(C)C)CC[C@@H]2N4CCS3)c(C)c1. The summed E-state index contributed by atoms with van der Waals surface area (Å²) in [5, 5.41) is 0. The molecule has 0 radical (unpaired) electrons. The van der Waals surface area contributed by atoms with E-state index >= 15 is 0 Å². The Morgan fingerprint density at radius 2 is 1.97 bits per heavy atom. The third-order valence-corrected chi connectivity index (χ3v) is 7.76. The molecular formula is C26H32N2O3S. The number of hydrogen-bond donors (Lipinski definition) is 0. The highest BCUT2D eigenvalue weighted by Crippen LogP contribution is 2.52. The number of likely N-dealkylation sites (tertiary alicyclic amines) is 1. The summed E-state index contributed by atoms with van der Waals surface area (Å²) in [5.41, 5.74) is 6.02. The minimum atomic E-state index is -0.473.